The first-order valence-electron chi connectivity index (χ1n) is 6.12. The zero-order valence-corrected chi connectivity index (χ0v) is 11.5. The number of benzene rings is 1. The van der Waals surface area contributed by atoms with E-state index in [0.717, 1.165) is 23.1 Å². The first kappa shape index (κ1) is 13.5. The molecule has 1 unspecified atom stereocenters. The molecule has 0 bridgehead atoms. The molecule has 0 saturated carbocycles. The summed E-state index contributed by atoms with van der Waals surface area (Å²) in [4.78, 5) is 0. The van der Waals surface area contributed by atoms with Gasteiger partial charge >= 0.3 is 0 Å². The lowest BCUT2D eigenvalue weighted by Gasteiger charge is -2.16. The van der Waals surface area contributed by atoms with Gasteiger partial charge < -0.3 is 5.32 Å². The first-order chi connectivity index (χ1) is 8.90. The number of halogens is 2. The van der Waals surface area contributed by atoms with Crippen LogP contribution in [0, 0.1) is 25.5 Å². The number of hydrogen-bond donors (Lipinski definition) is 1. The van der Waals surface area contributed by atoms with Crippen LogP contribution < -0.4 is 5.32 Å². The van der Waals surface area contributed by atoms with Crippen LogP contribution in [-0.2, 0) is 7.05 Å². The van der Waals surface area contributed by atoms with Gasteiger partial charge in [0.2, 0.25) is 0 Å². The van der Waals surface area contributed by atoms with Gasteiger partial charge in [0.25, 0.3) is 0 Å². The second-order valence-electron chi connectivity index (χ2n) is 4.71. The summed E-state index contributed by atoms with van der Waals surface area (Å²) in [6.07, 6.45) is 0. The standard InChI is InChI=1S/C14H17F2N3/c1-8(11-5-6-12(15)13(16)7-11)17-14-9(2)18-19(4)10(14)3/h5-8,17H,1-4H3. The first-order valence-corrected chi connectivity index (χ1v) is 6.12. The highest BCUT2D eigenvalue weighted by Gasteiger charge is 2.14. The maximum atomic E-state index is 13.2. The van der Waals surface area contributed by atoms with Gasteiger partial charge in [-0.25, -0.2) is 8.78 Å². The third-order valence-corrected chi connectivity index (χ3v) is 3.31. The zero-order chi connectivity index (χ0) is 14.2. The van der Waals surface area contributed by atoms with Gasteiger partial charge in [-0.05, 0) is 38.5 Å². The molecule has 0 aliphatic carbocycles. The Kier molecular flexibility index (Phi) is 3.55. The largest absolute Gasteiger partial charge is 0.376 e. The van der Waals surface area contributed by atoms with Crippen molar-refractivity contribution in [2.24, 2.45) is 7.05 Å². The number of nitrogens with one attached hydrogen (secondary N) is 1. The molecule has 0 fully saturated rings. The SMILES string of the molecule is Cc1nn(C)c(C)c1NC(C)c1ccc(F)c(F)c1. The molecule has 2 rings (SSSR count). The molecule has 1 aromatic heterocycles. The van der Waals surface area contributed by atoms with Crippen molar-refractivity contribution in [2.45, 2.75) is 26.8 Å². The van der Waals surface area contributed by atoms with Crippen LogP contribution in [0.25, 0.3) is 0 Å². The molecule has 19 heavy (non-hydrogen) atoms. The van der Waals surface area contributed by atoms with Crippen molar-refractivity contribution < 1.29 is 8.78 Å². The summed E-state index contributed by atoms with van der Waals surface area (Å²) < 4.78 is 27.9. The van der Waals surface area contributed by atoms with Crippen LogP contribution in [0.1, 0.15) is 29.9 Å². The van der Waals surface area contributed by atoms with Gasteiger partial charge in [-0.1, -0.05) is 6.07 Å². The van der Waals surface area contributed by atoms with Crippen LogP contribution in [0.4, 0.5) is 14.5 Å². The van der Waals surface area contributed by atoms with Gasteiger partial charge in [0.15, 0.2) is 11.6 Å². The van der Waals surface area contributed by atoms with Crippen molar-refractivity contribution >= 4 is 5.69 Å². The summed E-state index contributed by atoms with van der Waals surface area (Å²) in [5.41, 5.74) is 3.52. The van der Waals surface area contributed by atoms with Gasteiger partial charge in [0.1, 0.15) is 0 Å². The summed E-state index contributed by atoms with van der Waals surface area (Å²) in [5, 5.41) is 7.60. The molecular weight excluding hydrogens is 248 g/mol. The Hall–Kier alpha value is -1.91. The Morgan fingerprint density at radius 3 is 2.42 bits per heavy atom. The summed E-state index contributed by atoms with van der Waals surface area (Å²) in [6.45, 7) is 5.77. The van der Waals surface area contributed by atoms with Crippen molar-refractivity contribution in [1.82, 2.24) is 9.78 Å². The van der Waals surface area contributed by atoms with Gasteiger partial charge in [0.05, 0.1) is 17.1 Å². The molecule has 1 N–H and O–H groups in total. The topological polar surface area (TPSA) is 29.9 Å². The van der Waals surface area contributed by atoms with Gasteiger partial charge in [-0.3, -0.25) is 4.68 Å². The molecule has 1 atom stereocenters. The zero-order valence-electron chi connectivity index (χ0n) is 11.5. The highest BCUT2D eigenvalue weighted by Crippen LogP contribution is 2.25. The lowest BCUT2D eigenvalue weighted by atomic mass is 10.1. The van der Waals surface area contributed by atoms with E-state index in [4.69, 9.17) is 0 Å². The predicted molar refractivity (Wildman–Crippen MR) is 71.1 cm³/mol. The fraction of sp³-hybridized carbons (Fsp3) is 0.357. The van der Waals surface area contributed by atoms with Crippen LogP contribution in [0.5, 0.6) is 0 Å². The van der Waals surface area contributed by atoms with Crippen LogP contribution >= 0.6 is 0 Å². The molecule has 3 nitrogen and oxygen atoms in total. The van der Waals surface area contributed by atoms with Crippen molar-refractivity contribution in [2.75, 3.05) is 5.32 Å². The Labute approximate surface area is 111 Å². The van der Waals surface area contributed by atoms with Crippen LogP contribution in [-0.4, -0.2) is 9.78 Å². The molecule has 0 aliphatic rings. The molecule has 0 spiro atoms. The third-order valence-electron chi connectivity index (χ3n) is 3.31. The van der Waals surface area contributed by atoms with E-state index in [1.165, 1.54) is 6.07 Å². The molecular formula is C14H17F2N3. The van der Waals surface area contributed by atoms with E-state index < -0.39 is 11.6 Å². The van der Waals surface area contributed by atoms with Crippen molar-refractivity contribution in [3.05, 3.63) is 46.8 Å². The minimum atomic E-state index is -0.829. The van der Waals surface area contributed by atoms with E-state index in [1.54, 1.807) is 10.7 Å². The lowest BCUT2D eigenvalue weighted by molar-refractivity contribution is 0.506. The number of aryl methyl sites for hydroxylation is 2. The fourth-order valence-corrected chi connectivity index (χ4v) is 2.06. The fourth-order valence-electron chi connectivity index (χ4n) is 2.06. The molecule has 5 heteroatoms. The Morgan fingerprint density at radius 2 is 1.89 bits per heavy atom. The minimum absolute atomic E-state index is 0.128. The maximum Gasteiger partial charge on any atom is 0.159 e. The Bertz CT molecular complexity index is 605. The summed E-state index contributed by atoms with van der Waals surface area (Å²) in [5.74, 6) is -1.66. The number of nitrogens with zero attached hydrogens (tertiary/aromatic N) is 2. The van der Waals surface area contributed by atoms with Crippen molar-refractivity contribution in [3.63, 3.8) is 0 Å². The molecule has 0 saturated heterocycles. The number of rotatable bonds is 3. The lowest BCUT2D eigenvalue weighted by Crippen LogP contribution is -2.08. The summed E-state index contributed by atoms with van der Waals surface area (Å²) in [6, 6.07) is 3.81. The molecule has 1 heterocycles. The smallest absolute Gasteiger partial charge is 0.159 e. The summed E-state index contributed by atoms with van der Waals surface area (Å²) in [7, 11) is 1.87. The van der Waals surface area contributed by atoms with Gasteiger partial charge in [-0.15, -0.1) is 0 Å². The van der Waals surface area contributed by atoms with Crippen molar-refractivity contribution in [3.8, 4) is 0 Å². The van der Waals surface area contributed by atoms with Crippen molar-refractivity contribution in [1.29, 1.82) is 0 Å². The minimum Gasteiger partial charge on any atom is -0.376 e. The van der Waals surface area contributed by atoms with Crippen LogP contribution in [0.2, 0.25) is 0 Å². The second kappa shape index (κ2) is 4.99. The molecule has 2 aromatic rings. The average Bonchev–Trinajstić information content (AvgIpc) is 2.59. The van der Waals surface area contributed by atoms with E-state index in [1.807, 2.05) is 27.8 Å². The van der Waals surface area contributed by atoms with Gasteiger partial charge in [0, 0.05) is 13.1 Å². The van der Waals surface area contributed by atoms with E-state index in [0.29, 0.717) is 5.56 Å². The quantitative estimate of drug-likeness (QED) is 0.920. The Balaban J connectivity index is 2.25. The molecule has 102 valence electrons. The molecule has 0 amide bonds. The number of aromatic nitrogens is 2. The molecule has 0 radical (unpaired) electrons. The monoisotopic (exact) mass is 265 g/mol. The van der Waals surface area contributed by atoms with Crippen LogP contribution in [0.15, 0.2) is 18.2 Å². The Morgan fingerprint density at radius 1 is 1.21 bits per heavy atom. The second-order valence-corrected chi connectivity index (χ2v) is 4.71. The molecule has 1 aromatic carbocycles. The van der Waals surface area contributed by atoms with Gasteiger partial charge in [-0.2, -0.15) is 5.10 Å². The van der Waals surface area contributed by atoms with E-state index in [2.05, 4.69) is 10.4 Å². The average molecular weight is 265 g/mol. The number of hydrogen-bond acceptors (Lipinski definition) is 2. The molecule has 0 aliphatic heterocycles. The van der Waals surface area contributed by atoms with E-state index in [-0.39, 0.29) is 6.04 Å². The highest BCUT2D eigenvalue weighted by atomic mass is 19.2. The highest BCUT2D eigenvalue weighted by molar-refractivity contribution is 5.53. The third kappa shape index (κ3) is 2.59. The van der Waals surface area contributed by atoms with Crippen LogP contribution in [0.3, 0.4) is 0 Å². The predicted octanol–water partition coefficient (Wildman–Crippen LogP) is 3.49. The van der Waals surface area contributed by atoms with E-state index in [9.17, 15) is 8.78 Å². The summed E-state index contributed by atoms with van der Waals surface area (Å²) >= 11 is 0. The number of anilines is 1. The normalized spacial score (nSPS) is 12.5. The maximum absolute atomic E-state index is 13.2. The van der Waals surface area contributed by atoms with E-state index >= 15 is 0 Å².